The fourth-order valence-electron chi connectivity index (χ4n) is 10.4. The van der Waals surface area contributed by atoms with E-state index >= 15 is 0 Å². The molecule has 0 amide bonds. The van der Waals surface area contributed by atoms with Gasteiger partial charge in [-0.3, -0.25) is 37.3 Å². The van der Waals surface area contributed by atoms with E-state index in [0.717, 1.165) is 141 Å². The minimum atomic E-state index is -5.02. The molecule has 0 heterocycles. The first-order valence-corrected chi connectivity index (χ1v) is 44.4. The molecule has 0 aromatic heterocycles. The van der Waals surface area contributed by atoms with E-state index in [1.54, 1.807) is 0 Å². The molecular weight excluding hydrogens is 1400 g/mol. The highest BCUT2D eigenvalue weighted by atomic mass is 31.2. The second-order valence-electron chi connectivity index (χ2n) is 26.9. The number of aliphatic hydroxyl groups excluding tert-OH is 1. The summed E-state index contributed by atoms with van der Waals surface area (Å²) in [5.74, 6) is -2.39. The van der Waals surface area contributed by atoms with Gasteiger partial charge in [-0.15, -0.1) is 0 Å². The molecule has 0 aromatic carbocycles. The third-order valence-corrected chi connectivity index (χ3v) is 18.6. The third-order valence-electron chi connectivity index (χ3n) is 16.7. The predicted molar refractivity (Wildman–Crippen MR) is 445 cm³/mol. The highest BCUT2D eigenvalue weighted by Gasteiger charge is 2.30. The molecule has 0 radical (unpaired) electrons. The van der Waals surface area contributed by atoms with Crippen molar-refractivity contribution < 1.29 is 80.2 Å². The lowest BCUT2D eigenvalue weighted by molar-refractivity contribution is -0.161. The second kappa shape index (κ2) is 79.5. The van der Waals surface area contributed by atoms with Crippen LogP contribution in [-0.4, -0.2) is 96.7 Å². The summed E-state index contributed by atoms with van der Waals surface area (Å²) >= 11 is 0. The van der Waals surface area contributed by atoms with Gasteiger partial charge in [-0.25, -0.2) is 9.13 Å². The van der Waals surface area contributed by atoms with Crippen molar-refractivity contribution >= 4 is 39.5 Å². The fourth-order valence-corrected chi connectivity index (χ4v) is 12.0. The van der Waals surface area contributed by atoms with E-state index in [-0.39, 0.29) is 25.7 Å². The van der Waals surface area contributed by atoms with E-state index in [1.165, 1.54) is 77.0 Å². The zero-order valence-electron chi connectivity index (χ0n) is 67.2. The number of aliphatic hydroxyl groups is 1. The van der Waals surface area contributed by atoms with Crippen LogP contribution in [0.4, 0.5) is 0 Å². The maximum absolute atomic E-state index is 13.1. The summed E-state index contributed by atoms with van der Waals surface area (Å²) in [5.41, 5.74) is 0. The molecule has 17 nitrogen and oxygen atoms in total. The third kappa shape index (κ3) is 78.5. The van der Waals surface area contributed by atoms with Crippen molar-refractivity contribution in [2.75, 3.05) is 39.6 Å². The quantitative estimate of drug-likeness (QED) is 0.0169. The Labute approximate surface area is 654 Å². The van der Waals surface area contributed by atoms with Gasteiger partial charge >= 0.3 is 39.5 Å². The van der Waals surface area contributed by atoms with E-state index in [0.29, 0.717) is 38.5 Å². The van der Waals surface area contributed by atoms with Crippen molar-refractivity contribution in [1.29, 1.82) is 0 Å². The highest BCUT2D eigenvalue weighted by Crippen LogP contribution is 2.45. The fraction of sp³-hybridized carbons (Fsp3) is 0.640. The molecule has 0 saturated heterocycles. The van der Waals surface area contributed by atoms with Crippen LogP contribution in [-0.2, 0) is 65.4 Å². The average Bonchev–Trinajstić information content (AvgIpc) is 0.896. The first-order valence-electron chi connectivity index (χ1n) is 41.4. The maximum Gasteiger partial charge on any atom is 0.472 e. The summed E-state index contributed by atoms with van der Waals surface area (Å²) in [6, 6.07) is 0. The van der Waals surface area contributed by atoms with E-state index < -0.39 is 97.5 Å². The summed E-state index contributed by atoms with van der Waals surface area (Å²) in [7, 11) is -10.0. The zero-order chi connectivity index (χ0) is 78.9. The Balaban J connectivity index is 5.53. The number of carbonyl (C=O) groups is 4. The van der Waals surface area contributed by atoms with E-state index in [2.05, 4.69) is 161 Å². The first-order chi connectivity index (χ1) is 52.7. The van der Waals surface area contributed by atoms with Gasteiger partial charge < -0.3 is 33.8 Å². The number of hydrogen-bond donors (Lipinski definition) is 3. The van der Waals surface area contributed by atoms with Gasteiger partial charge in [0.1, 0.15) is 19.3 Å². The molecule has 0 rings (SSSR count). The molecule has 0 fully saturated rings. The summed E-state index contributed by atoms with van der Waals surface area (Å²) in [4.78, 5) is 73.1. The van der Waals surface area contributed by atoms with Gasteiger partial charge in [-0.2, -0.15) is 0 Å². The summed E-state index contributed by atoms with van der Waals surface area (Å²) in [5, 5.41) is 10.7. The Morgan fingerprint density at radius 2 is 0.500 bits per heavy atom. The summed E-state index contributed by atoms with van der Waals surface area (Å²) < 4.78 is 68.5. The molecular formula is C89H146O17P2. The highest BCUT2D eigenvalue weighted by molar-refractivity contribution is 7.47. The number of unbranched alkanes of at least 4 members (excludes halogenated alkanes) is 22. The van der Waals surface area contributed by atoms with Gasteiger partial charge in [0.05, 0.1) is 26.4 Å². The second-order valence-corrected chi connectivity index (χ2v) is 29.8. The topological polar surface area (TPSA) is 237 Å². The molecule has 0 spiro atoms. The smallest absolute Gasteiger partial charge is 0.462 e. The van der Waals surface area contributed by atoms with Crippen LogP contribution < -0.4 is 0 Å². The van der Waals surface area contributed by atoms with Crippen LogP contribution in [0.15, 0.2) is 170 Å². The Hall–Kier alpha value is -5.58. The molecule has 19 heteroatoms. The number of phosphoric ester groups is 2. The molecule has 0 aliphatic rings. The minimum absolute atomic E-state index is 0.0139. The van der Waals surface area contributed by atoms with Crippen LogP contribution in [0.5, 0.6) is 0 Å². The predicted octanol–water partition coefficient (Wildman–Crippen LogP) is 24.6. The van der Waals surface area contributed by atoms with Crippen molar-refractivity contribution in [1.82, 2.24) is 0 Å². The van der Waals surface area contributed by atoms with Crippen molar-refractivity contribution in [3.8, 4) is 0 Å². The maximum atomic E-state index is 13.1. The molecule has 0 saturated carbocycles. The van der Waals surface area contributed by atoms with E-state index in [1.807, 2.05) is 36.5 Å². The lowest BCUT2D eigenvalue weighted by Gasteiger charge is -2.21. The number of carbonyl (C=O) groups excluding carboxylic acids is 4. The Morgan fingerprint density at radius 1 is 0.269 bits per heavy atom. The van der Waals surface area contributed by atoms with Crippen LogP contribution in [0.3, 0.4) is 0 Å². The van der Waals surface area contributed by atoms with Crippen LogP contribution in [0, 0.1) is 0 Å². The van der Waals surface area contributed by atoms with Crippen LogP contribution >= 0.6 is 15.6 Å². The minimum Gasteiger partial charge on any atom is -0.462 e. The summed E-state index contributed by atoms with van der Waals surface area (Å²) in [6.45, 7) is 4.45. The number of esters is 4. The van der Waals surface area contributed by atoms with Gasteiger partial charge in [0, 0.05) is 25.7 Å². The normalized spacial score (nSPS) is 14.7. The molecule has 3 N–H and O–H groups in total. The van der Waals surface area contributed by atoms with Crippen LogP contribution in [0.1, 0.15) is 310 Å². The Kier molecular flexibility index (Phi) is 75.4. The Morgan fingerprint density at radius 3 is 0.824 bits per heavy atom. The van der Waals surface area contributed by atoms with Crippen LogP contribution in [0.25, 0.3) is 0 Å². The largest absolute Gasteiger partial charge is 0.472 e. The number of allylic oxidation sites excluding steroid dienone is 28. The summed E-state index contributed by atoms with van der Waals surface area (Å²) in [6.07, 6.45) is 95.0. The SMILES string of the molecule is CC/C=C\C/C=C\C/C=C\C/C=C\C/C=C\C/C=C\CCC(=O)OC[C@H](COP(=O)(O)OC[C@@H](O)COP(=O)(O)OC[C@@H](COC(=O)CCCCCCCCC/C=C\CCCCCC)OC(=O)CCCCCCC/C=C\CCCCCCCC)OC(=O)CC/C=C\C/C=C\C/C=C\C/C=C\C/C=C\C/C=C\CC. The van der Waals surface area contributed by atoms with E-state index in [4.69, 9.17) is 37.0 Å². The van der Waals surface area contributed by atoms with Crippen molar-refractivity contribution in [2.24, 2.45) is 0 Å². The number of rotatable bonds is 76. The average molecular weight is 1550 g/mol. The molecule has 0 bridgehead atoms. The van der Waals surface area contributed by atoms with Gasteiger partial charge in [0.25, 0.3) is 0 Å². The molecule has 5 atom stereocenters. The van der Waals surface area contributed by atoms with Gasteiger partial charge in [0.15, 0.2) is 12.2 Å². The molecule has 614 valence electrons. The monoisotopic (exact) mass is 1550 g/mol. The molecule has 0 aliphatic heterocycles. The Bertz CT molecular complexity index is 2710. The number of phosphoric acid groups is 2. The first kappa shape index (κ1) is 102. The van der Waals surface area contributed by atoms with E-state index in [9.17, 15) is 43.2 Å². The van der Waals surface area contributed by atoms with Gasteiger partial charge in [-0.05, 0) is 154 Å². The van der Waals surface area contributed by atoms with Crippen molar-refractivity contribution in [2.45, 2.75) is 329 Å². The lowest BCUT2D eigenvalue weighted by Crippen LogP contribution is -2.30. The lowest BCUT2D eigenvalue weighted by atomic mass is 10.1. The van der Waals surface area contributed by atoms with Crippen molar-refractivity contribution in [3.05, 3.63) is 170 Å². The number of hydrogen-bond acceptors (Lipinski definition) is 15. The standard InChI is InChI=1S/C89H146O17P2/c1-5-9-13-17-21-25-29-33-37-39-41-43-47-50-54-58-62-66-70-74-87(92)100-80-85(106-89(94)76-72-68-64-60-56-52-48-44-42-40-38-34-30-26-22-18-14-10-6-2)82-104-108(97,98)102-78-83(90)77-101-107(95,96)103-81-84(105-88(93)75-71-67-63-59-55-51-46-36-32-28-24-20-16-12-8-4)79-99-86(91)73-69-65-61-57-53-49-45-35-31-27-23-19-15-11-7-3/h9-10,13-14,21-22,25-27,31,33-34,36-38,41-44,46,50,52,54,56,62,64,66,68,83-85,90H,5-8,11-12,15-20,23-24,28-30,32,35,39-40,45,47-49,51,53,55,57-61,63,65,67,69-82H2,1-4H3,(H,95,96)(H,97,98)/b13-9-,14-10-,25-21-,26-22-,31-27-,37-33-,38-34-,43-41-,44-42-,46-36-,54-50-,56-52-,66-62-,68-64-/t83-,84+,85+/m0/s1. The molecule has 0 aliphatic carbocycles. The van der Waals surface area contributed by atoms with Crippen LogP contribution in [0.2, 0.25) is 0 Å². The molecule has 2 unspecified atom stereocenters. The number of ether oxygens (including phenoxy) is 4. The zero-order valence-corrected chi connectivity index (χ0v) is 69.0. The molecule has 108 heavy (non-hydrogen) atoms. The van der Waals surface area contributed by atoms with Gasteiger partial charge in [-0.1, -0.05) is 301 Å². The molecule has 0 aromatic rings. The van der Waals surface area contributed by atoms with Crippen molar-refractivity contribution in [3.63, 3.8) is 0 Å². The van der Waals surface area contributed by atoms with Gasteiger partial charge in [0.2, 0.25) is 0 Å².